The van der Waals surface area contributed by atoms with E-state index in [4.69, 9.17) is 0 Å². The number of benzene rings is 1. The van der Waals surface area contributed by atoms with E-state index in [1.54, 1.807) is 23.5 Å². The van der Waals surface area contributed by atoms with Crippen LogP contribution in [0.1, 0.15) is 22.3 Å². The topological polar surface area (TPSA) is 74.5 Å². The van der Waals surface area contributed by atoms with Gasteiger partial charge in [-0.3, -0.25) is 4.79 Å². The lowest BCUT2D eigenvalue weighted by Crippen LogP contribution is -2.38. The largest absolute Gasteiger partial charge is 0.394 e. The van der Waals surface area contributed by atoms with Crippen molar-refractivity contribution >= 4 is 17.1 Å². The van der Waals surface area contributed by atoms with Crippen molar-refractivity contribution in [1.82, 2.24) is 24.3 Å². The zero-order valence-electron chi connectivity index (χ0n) is 16.2. The number of fused-ring (bicyclic) bond motifs is 1. The number of nitrogens with zero attached hydrogens (tertiary/aromatic N) is 5. The molecule has 4 rings (SSSR count). The van der Waals surface area contributed by atoms with Gasteiger partial charge in [-0.15, -0.1) is 0 Å². The Morgan fingerprint density at radius 3 is 2.75 bits per heavy atom. The van der Waals surface area contributed by atoms with E-state index in [0.717, 1.165) is 12.1 Å². The van der Waals surface area contributed by atoms with E-state index in [1.165, 1.54) is 5.56 Å². The Labute approximate surface area is 164 Å². The van der Waals surface area contributed by atoms with Gasteiger partial charge in [-0.25, -0.2) is 9.97 Å². The first-order valence-electron chi connectivity index (χ1n) is 9.50. The number of pyridine rings is 1. The molecule has 0 unspecified atom stereocenters. The molecule has 3 heterocycles. The average Bonchev–Trinajstić information content (AvgIpc) is 3.32. The lowest BCUT2D eigenvalue weighted by molar-refractivity contribution is 0.0673. The van der Waals surface area contributed by atoms with Crippen molar-refractivity contribution in [3.8, 4) is 0 Å². The number of imidazole rings is 1. The summed E-state index contributed by atoms with van der Waals surface area (Å²) in [4.78, 5) is 25.9. The van der Waals surface area contributed by atoms with Crippen LogP contribution in [0.25, 0.3) is 11.2 Å². The zero-order valence-corrected chi connectivity index (χ0v) is 16.2. The highest BCUT2D eigenvalue weighted by Gasteiger charge is 2.36. The predicted molar refractivity (Wildman–Crippen MR) is 107 cm³/mol. The molecule has 2 aromatic heterocycles. The molecule has 0 aliphatic carbocycles. The van der Waals surface area contributed by atoms with Crippen LogP contribution in [0.3, 0.4) is 0 Å². The number of rotatable bonds is 5. The maximum absolute atomic E-state index is 13.0. The molecule has 0 saturated carbocycles. The minimum atomic E-state index is -0.161. The normalized spacial score (nSPS) is 19.6. The smallest absolute Gasteiger partial charge is 0.255 e. The van der Waals surface area contributed by atoms with Gasteiger partial charge in [-0.1, -0.05) is 30.3 Å². The highest BCUT2D eigenvalue weighted by atomic mass is 16.3. The van der Waals surface area contributed by atoms with Gasteiger partial charge in [0.2, 0.25) is 0 Å². The molecule has 1 fully saturated rings. The fourth-order valence-corrected chi connectivity index (χ4v) is 3.82. The van der Waals surface area contributed by atoms with Crippen molar-refractivity contribution < 1.29 is 9.90 Å². The fourth-order valence-electron chi connectivity index (χ4n) is 3.82. The summed E-state index contributed by atoms with van der Waals surface area (Å²) in [6.45, 7) is 1.26. The van der Waals surface area contributed by atoms with Crippen LogP contribution < -0.4 is 0 Å². The lowest BCUT2D eigenvalue weighted by Gasteiger charge is -2.23. The number of aliphatic hydroxyl groups excluding tert-OH is 1. The molecule has 1 aliphatic rings. The average molecular weight is 379 g/mol. The molecule has 3 aromatic rings. The maximum Gasteiger partial charge on any atom is 0.255 e. The van der Waals surface area contributed by atoms with Gasteiger partial charge in [0.05, 0.1) is 31.1 Å². The van der Waals surface area contributed by atoms with Crippen LogP contribution in [0.15, 0.2) is 48.9 Å². The Hall–Kier alpha value is -2.77. The SMILES string of the molecule is CN(C)[C@@H]1C[C@@H](CO)N(C(=O)c2cnc3c(c2)ncn3Cc2ccccc2)C1. The third kappa shape index (κ3) is 3.50. The first-order valence-corrected chi connectivity index (χ1v) is 9.50. The van der Waals surface area contributed by atoms with E-state index in [2.05, 4.69) is 27.0 Å². The van der Waals surface area contributed by atoms with Gasteiger partial charge in [0.15, 0.2) is 5.65 Å². The van der Waals surface area contributed by atoms with Gasteiger partial charge in [-0.2, -0.15) is 0 Å². The summed E-state index contributed by atoms with van der Waals surface area (Å²) >= 11 is 0. The summed E-state index contributed by atoms with van der Waals surface area (Å²) in [5, 5.41) is 9.70. The second-order valence-corrected chi connectivity index (χ2v) is 7.57. The summed E-state index contributed by atoms with van der Waals surface area (Å²) in [7, 11) is 4.00. The Kier molecular flexibility index (Phi) is 5.11. The van der Waals surface area contributed by atoms with Crippen molar-refractivity contribution in [3.05, 3.63) is 60.0 Å². The van der Waals surface area contributed by atoms with Gasteiger partial charge in [0.25, 0.3) is 5.91 Å². The minimum Gasteiger partial charge on any atom is -0.394 e. The summed E-state index contributed by atoms with van der Waals surface area (Å²) in [6, 6.07) is 12.0. The third-order valence-corrected chi connectivity index (χ3v) is 5.49. The summed E-state index contributed by atoms with van der Waals surface area (Å²) in [5.74, 6) is -0.101. The Bertz CT molecular complexity index is 969. The molecule has 1 saturated heterocycles. The number of likely N-dealkylation sites (N-methyl/N-ethyl adjacent to an activating group) is 1. The van der Waals surface area contributed by atoms with Crippen molar-refractivity contribution in [3.63, 3.8) is 0 Å². The van der Waals surface area contributed by atoms with Gasteiger partial charge in [-0.05, 0) is 32.1 Å². The number of hydrogen-bond donors (Lipinski definition) is 1. The van der Waals surface area contributed by atoms with Crippen LogP contribution in [0, 0.1) is 0 Å². The second kappa shape index (κ2) is 7.69. The highest BCUT2D eigenvalue weighted by Crippen LogP contribution is 2.24. The van der Waals surface area contributed by atoms with Gasteiger partial charge >= 0.3 is 0 Å². The van der Waals surface area contributed by atoms with Crippen LogP contribution in [0.4, 0.5) is 0 Å². The van der Waals surface area contributed by atoms with Gasteiger partial charge < -0.3 is 19.5 Å². The lowest BCUT2D eigenvalue weighted by atomic mass is 10.1. The predicted octanol–water partition coefficient (Wildman–Crippen LogP) is 1.62. The minimum absolute atomic E-state index is 0.0303. The summed E-state index contributed by atoms with van der Waals surface area (Å²) < 4.78 is 1.98. The molecule has 1 N–H and O–H groups in total. The van der Waals surface area contributed by atoms with E-state index in [0.29, 0.717) is 24.2 Å². The molecule has 2 atom stereocenters. The standard InChI is InChI=1S/C21H25N5O2/c1-24(2)17-9-18(13-27)26(12-17)21(28)16-8-19-20(22-10-16)25(14-23-19)11-15-6-4-3-5-7-15/h3-8,10,14,17-18,27H,9,11-13H2,1-2H3/t17-,18+/m1/s1. The van der Waals surface area contributed by atoms with Crippen LogP contribution in [-0.2, 0) is 6.54 Å². The van der Waals surface area contributed by atoms with Crippen molar-refractivity contribution in [2.75, 3.05) is 27.2 Å². The van der Waals surface area contributed by atoms with E-state index >= 15 is 0 Å². The number of aromatic nitrogens is 3. The van der Waals surface area contributed by atoms with Crippen LogP contribution >= 0.6 is 0 Å². The highest BCUT2D eigenvalue weighted by molar-refractivity contribution is 5.96. The molecular weight excluding hydrogens is 354 g/mol. The second-order valence-electron chi connectivity index (χ2n) is 7.57. The number of amides is 1. The van der Waals surface area contributed by atoms with E-state index in [1.807, 2.05) is 36.9 Å². The van der Waals surface area contributed by atoms with Crippen molar-refractivity contribution in [2.45, 2.75) is 25.0 Å². The number of likely N-dealkylation sites (tertiary alicyclic amines) is 1. The molecule has 1 aromatic carbocycles. The van der Waals surface area contributed by atoms with Crippen LogP contribution in [-0.4, -0.2) is 74.7 Å². The molecule has 1 aliphatic heterocycles. The molecule has 7 heteroatoms. The Balaban J connectivity index is 1.57. The molecular formula is C21H25N5O2. The summed E-state index contributed by atoms with van der Waals surface area (Å²) in [5.41, 5.74) is 3.13. The van der Waals surface area contributed by atoms with Crippen LogP contribution in [0.2, 0.25) is 0 Å². The molecule has 146 valence electrons. The molecule has 7 nitrogen and oxygen atoms in total. The number of carbonyl (C=O) groups excluding carboxylic acids is 1. The van der Waals surface area contributed by atoms with E-state index in [-0.39, 0.29) is 24.6 Å². The molecule has 0 radical (unpaired) electrons. The monoisotopic (exact) mass is 379 g/mol. The molecule has 1 amide bonds. The van der Waals surface area contributed by atoms with Gasteiger partial charge in [0.1, 0.15) is 5.52 Å². The Morgan fingerprint density at radius 2 is 2.04 bits per heavy atom. The number of carbonyl (C=O) groups is 1. The van der Waals surface area contributed by atoms with E-state index < -0.39 is 0 Å². The maximum atomic E-state index is 13.0. The quantitative estimate of drug-likeness (QED) is 0.729. The van der Waals surface area contributed by atoms with Gasteiger partial charge in [0, 0.05) is 18.8 Å². The Morgan fingerprint density at radius 1 is 1.25 bits per heavy atom. The first-order chi connectivity index (χ1) is 13.6. The fraction of sp³-hybridized carbons (Fsp3) is 0.381. The van der Waals surface area contributed by atoms with E-state index in [9.17, 15) is 9.90 Å². The first kappa shape index (κ1) is 18.6. The molecule has 28 heavy (non-hydrogen) atoms. The van der Waals surface area contributed by atoms with Crippen molar-refractivity contribution in [1.29, 1.82) is 0 Å². The van der Waals surface area contributed by atoms with Crippen LogP contribution in [0.5, 0.6) is 0 Å². The molecule has 0 spiro atoms. The zero-order chi connectivity index (χ0) is 19.7. The number of hydrogen-bond acceptors (Lipinski definition) is 5. The third-order valence-electron chi connectivity index (χ3n) is 5.49. The van der Waals surface area contributed by atoms with Crippen molar-refractivity contribution in [2.24, 2.45) is 0 Å². The summed E-state index contributed by atoms with van der Waals surface area (Å²) in [6.07, 6.45) is 4.15. The molecule has 0 bridgehead atoms. The number of aliphatic hydroxyl groups is 1.